The van der Waals surface area contributed by atoms with Gasteiger partial charge in [-0.2, -0.15) is 0 Å². The molecule has 106 valence electrons. The Bertz CT molecular complexity index is 368. The molecule has 1 fully saturated rings. The summed E-state index contributed by atoms with van der Waals surface area (Å²) < 4.78 is 5.64. The topological polar surface area (TPSA) is 24.5 Å². The third-order valence-electron chi connectivity index (χ3n) is 3.91. The van der Waals surface area contributed by atoms with Crippen molar-refractivity contribution in [1.82, 2.24) is 10.2 Å². The highest BCUT2D eigenvalue weighted by atomic mass is 16.5. The van der Waals surface area contributed by atoms with Crippen molar-refractivity contribution >= 4 is 0 Å². The van der Waals surface area contributed by atoms with Crippen LogP contribution in [0.25, 0.3) is 0 Å². The van der Waals surface area contributed by atoms with Crippen molar-refractivity contribution in [2.24, 2.45) is 0 Å². The molecule has 0 aliphatic carbocycles. The third kappa shape index (κ3) is 3.78. The summed E-state index contributed by atoms with van der Waals surface area (Å²) in [5.74, 6) is 0. The summed E-state index contributed by atoms with van der Waals surface area (Å²) in [6.45, 7) is 10.5. The summed E-state index contributed by atoms with van der Waals surface area (Å²) in [6, 6.07) is 11.6. The van der Waals surface area contributed by atoms with E-state index in [0.29, 0.717) is 18.2 Å². The van der Waals surface area contributed by atoms with Crippen LogP contribution in [-0.4, -0.2) is 43.3 Å². The van der Waals surface area contributed by atoms with Crippen molar-refractivity contribution in [1.29, 1.82) is 0 Å². The summed E-state index contributed by atoms with van der Waals surface area (Å²) in [5.41, 5.74) is 1.37. The van der Waals surface area contributed by atoms with Gasteiger partial charge >= 0.3 is 0 Å². The first kappa shape index (κ1) is 14.5. The van der Waals surface area contributed by atoms with Crippen LogP contribution in [0.2, 0.25) is 0 Å². The van der Waals surface area contributed by atoms with E-state index >= 15 is 0 Å². The van der Waals surface area contributed by atoms with Crippen LogP contribution in [-0.2, 0) is 4.74 Å². The predicted octanol–water partition coefficient (Wildman–Crippen LogP) is 2.45. The van der Waals surface area contributed by atoms with Gasteiger partial charge in [0.05, 0.1) is 12.7 Å². The Morgan fingerprint density at radius 1 is 1.37 bits per heavy atom. The van der Waals surface area contributed by atoms with Gasteiger partial charge in [0, 0.05) is 25.2 Å². The Hall–Kier alpha value is -0.900. The quantitative estimate of drug-likeness (QED) is 0.882. The molecule has 1 aromatic carbocycles. The summed E-state index contributed by atoms with van der Waals surface area (Å²) in [7, 11) is 0. The summed E-state index contributed by atoms with van der Waals surface area (Å²) in [4.78, 5) is 2.54. The van der Waals surface area contributed by atoms with Gasteiger partial charge in [0.1, 0.15) is 0 Å². The van der Waals surface area contributed by atoms with E-state index in [1.165, 1.54) is 5.56 Å². The summed E-state index contributed by atoms with van der Waals surface area (Å²) in [6.07, 6.45) is 0.342. The van der Waals surface area contributed by atoms with E-state index < -0.39 is 0 Å². The smallest absolute Gasteiger partial charge is 0.0674 e. The SMILES string of the molecule is CCNC(c1ccccc1)C(C)N1CCOC(C)C1. The normalized spacial score (nSPS) is 24.1. The van der Waals surface area contributed by atoms with Crippen LogP contribution in [0.15, 0.2) is 30.3 Å². The van der Waals surface area contributed by atoms with Crippen LogP contribution in [0.1, 0.15) is 32.4 Å². The molecule has 1 saturated heterocycles. The standard InChI is InChI=1S/C16H26N2O/c1-4-17-16(15-8-6-5-7-9-15)14(3)18-10-11-19-13(2)12-18/h5-9,13-14,16-17H,4,10-12H2,1-3H3. The number of nitrogens with zero attached hydrogens (tertiary/aromatic N) is 1. The number of rotatable bonds is 5. The Morgan fingerprint density at radius 2 is 2.11 bits per heavy atom. The molecule has 0 amide bonds. The molecule has 0 spiro atoms. The maximum Gasteiger partial charge on any atom is 0.0674 e. The molecular weight excluding hydrogens is 236 g/mol. The Kier molecular flexibility index (Phi) is 5.37. The maximum atomic E-state index is 5.64. The van der Waals surface area contributed by atoms with E-state index in [0.717, 1.165) is 26.2 Å². The molecule has 0 radical (unpaired) electrons. The summed E-state index contributed by atoms with van der Waals surface area (Å²) in [5, 5.41) is 3.63. The number of morpholine rings is 1. The zero-order chi connectivity index (χ0) is 13.7. The van der Waals surface area contributed by atoms with E-state index in [1.54, 1.807) is 0 Å². The predicted molar refractivity (Wildman–Crippen MR) is 79.3 cm³/mol. The van der Waals surface area contributed by atoms with Crippen LogP contribution in [0.4, 0.5) is 0 Å². The lowest BCUT2D eigenvalue weighted by molar-refractivity contribution is -0.0368. The molecule has 1 aliphatic rings. The van der Waals surface area contributed by atoms with Gasteiger partial charge in [-0.3, -0.25) is 4.90 Å². The lowest BCUT2D eigenvalue weighted by atomic mass is 9.98. The second-order valence-corrected chi connectivity index (χ2v) is 5.36. The second kappa shape index (κ2) is 7.04. The minimum Gasteiger partial charge on any atom is -0.376 e. The number of ether oxygens (including phenoxy) is 1. The van der Waals surface area contributed by atoms with Gasteiger partial charge in [0.15, 0.2) is 0 Å². The van der Waals surface area contributed by atoms with Gasteiger partial charge in [-0.05, 0) is 26.0 Å². The van der Waals surface area contributed by atoms with Crippen molar-refractivity contribution in [2.75, 3.05) is 26.2 Å². The third-order valence-corrected chi connectivity index (χ3v) is 3.91. The van der Waals surface area contributed by atoms with Crippen LogP contribution >= 0.6 is 0 Å². The molecule has 1 heterocycles. The van der Waals surface area contributed by atoms with Crippen molar-refractivity contribution in [3.05, 3.63) is 35.9 Å². The highest BCUT2D eigenvalue weighted by Crippen LogP contribution is 2.22. The first-order valence-electron chi connectivity index (χ1n) is 7.36. The number of hydrogen-bond donors (Lipinski definition) is 1. The lowest BCUT2D eigenvalue weighted by Gasteiger charge is -2.39. The first-order valence-corrected chi connectivity index (χ1v) is 7.36. The Balaban J connectivity index is 2.09. The highest BCUT2D eigenvalue weighted by molar-refractivity contribution is 5.20. The molecule has 2 rings (SSSR count). The van der Waals surface area contributed by atoms with Crippen LogP contribution in [0.5, 0.6) is 0 Å². The minimum absolute atomic E-state index is 0.342. The molecule has 0 aromatic heterocycles. The zero-order valence-electron chi connectivity index (χ0n) is 12.3. The average molecular weight is 262 g/mol. The minimum atomic E-state index is 0.342. The van der Waals surface area contributed by atoms with Crippen LogP contribution in [0.3, 0.4) is 0 Å². The average Bonchev–Trinajstić information content (AvgIpc) is 2.45. The van der Waals surface area contributed by atoms with Gasteiger partial charge in [0.2, 0.25) is 0 Å². The van der Waals surface area contributed by atoms with Crippen molar-refractivity contribution < 1.29 is 4.74 Å². The second-order valence-electron chi connectivity index (χ2n) is 5.36. The number of nitrogens with one attached hydrogen (secondary N) is 1. The lowest BCUT2D eigenvalue weighted by Crippen LogP contribution is -2.50. The van der Waals surface area contributed by atoms with Gasteiger partial charge in [-0.15, -0.1) is 0 Å². The molecule has 3 nitrogen and oxygen atoms in total. The molecule has 1 N–H and O–H groups in total. The molecule has 19 heavy (non-hydrogen) atoms. The molecule has 3 heteroatoms. The number of benzene rings is 1. The molecular formula is C16H26N2O. The summed E-state index contributed by atoms with van der Waals surface area (Å²) >= 11 is 0. The first-order chi connectivity index (χ1) is 9.22. The molecule has 1 aliphatic heterocycles. The van der Waals surface area contributed by atoms with Gasteiger partial charge in [-0.25, -0.2) is 0 Å². The number of hydrogen-bond acceptors (Lipinski definition) is 3. The molecule has 3 unspecified atom stereocenters. The van der Waals surface area contributed by atoms with E-state index in [2.05, 4.69) is 61.3 Å². The number of likely N-dealkylation sites (N-methyl/N-ethyl adjacent to an activating group) is 1. The molecule has 0 saturated carbocycles. The zero-order valence-corrected chi connectivity index (χ0v) is 12.3. The van der Waals surface area contributed by atoms with E-state index in [9.17, 15) is 0 Å². The van der Waals surface area contributed by atoms with Gasteiger partial charge in [-0.1, -0.05) is 37.3 Å². The van der Waals surface area contributed by atoms with E-state index in [-0.39, 0.29) is 0 Å². The fourth-order valence-corrected chi connectivity index (χ4v) is 2.87. The van der Waals surface area contributed by atoms with Gasteiger partial charge < -0.3 is 10.1 Å². The Labute approximate surface area is 116 Å². The molecule has 1 aromatic rings. The van der Waals surface area contributed by atoms with Crippen LogP contribution < -0.4 is 5.32 Å². The Morgan fingerprint density at radius 3 is 2.74 bits per heavy atom. The van der Waals surface area contributed by atoms with E-state index in [1.807, 2.05) is 0 Å². The van der Waals surface area contributed by atoms with Crippen molar-refractivity contribution in [3.8, 4) is 0 Å². The maximum absolute atomic E-state index is 5.64. The monoisotopic (exact) mass is 262 g/mol. The fraction of sp³-hybridized carbons (Fsp3) is 0.625. The fourth-order valence-electron chi connectivity index (χ4n) is 2.87. The van der Waals surface area contributed by atoms with E-state index in [4.69, 9.17) is 4.74 Å². The molecule has 3 atom stereocenters. The van der Waals surface area contributed by atoms with Crippen LogP contribution in [0, 0.1) is 0 Å². The largest absolute Gasteiger partial charge is 0.376 e. The van der Waals surface area contributed by atoms with Gasteiger partial charge in [0.25, 0.3) is 0 Å². The van der Waals surface area contributed by atoms with Crippen molar-refractivity contribution in [3.63, 3.8) is 0 Å². The molecule has 0 bridgehead atoms. The van der Waals surface area contributed by atoms with Crippen molar-refractivity contribution in [2.45, 2.75) is 39.0 Å². The highest BCUT2D eigenvalue weighted by Gasteiger charge is 2.27.